The largest absolute Gasteiger partial charge is 0.495 e. The summed E-state index contributed by atoms with van der Waals surface area (Å²) < 4.78 is 8.98. The Morgan fingerprint density at radius 2 is 1.94 bits per heavy atom. The second-order valence-corrected chi connectivity index (χ2v) is 8.22. The molecular weight excluding hydrogens is 454 g/mol. The van der Waals surface area contributed by atoms with Gasteiger partial charge in [-0.05, 0) is 52.2 Å². The van der Waals surface area contributed by atoms with E-state index in [0.717, 1.165) is 27.9 Å². The summed E-state index contributed by atoms with van der Waals surface area (Å²) >= 11 is 3.12. The van der Waals surface area contributed by atoms with Crippen LogP contribution in [0.15, 0.2) is 65.5 Å². The van der Waals surface area contributed by atoms with E-state index in [1.54, 1.807) is 30.4 Å². The molecule has 1 heterocycles. The Hall–Kier alpha value is -3.49. The summed E-state index contributed by atoms with van der Waals surface area (Å²) in [4.78, 5) is 24.8. The van der Waals surface area contributed by atoms with Crippen LogP contribution in [0, 0.1) is 0 Å². The molecule has 0 fully saturated rings. The summed E-state index contributed by atoms with van der Waals surface area (Å²) in [6.45, 7) is 0. The van der Waals surface area contributed by atoms with Crippen molar-refractivity contribution in [2.24, 2.45) is 0 Å². The molecule has 0 unspecified atom stereocenters. The molecule has 0 radical (unpaired) electrons. The number of nitrogens with one attached hydrogen (secondary N) is 2. The van der Waals surface area contributed by atoms with E-state index in [1.165, 1.54) is 24.2 Å². The molecule has 2 amide bonds. The van der Waals surface area contributed by atoms with Crippen molar-refractivity contribution in [1.29, 1.82) is 0 Å². The van der Waals surface area contributed by atoms with Crippen molar-refractivity contribution in [3.8, 4) is 16.9 Å². The Morgan fingerprint density at radius 3 is 2.55 bits per heavy atom. The fourth-order valence-corrected chi connectivity index (χ4v) is 4.18. The van der Waals surface area contributed by atoms with Crippen LogP contribution in [-0.2, 0) is 9.59 Å². The summed E-state index contributed by atoms with van der Waals surface area (Å²) in [7, 11) is 3.17. The highest BCUT2D eigenvalue weighted by molar-refractivity contribution is 7.99. The summed E-state index contributed by atoms with van der Waals surface area (Å²) in [5, 5.41) is 6.52. The Balaban J connectivity index is 2.06. The van der Waals surface area contributed by atoms with E-state index in [9.17, 15) is 9.59 Å². The van der Waals surface area contributed by atoms with E-state index < -0.39 is 0 Å². The van der Waals surface area contributed by atoms with Gasteiger partial charge in [-0.1, -0.05) is 36.2 Å². The predicted molar refractivity (Wildman–Crippen MR) is 141 cm³/mol. The van der Waals surface area contributed by atoms with Crippen LogP contribution in [0.4, 0.5) is 11.4 Å². The lowest BCUT2D eigenvalue weighted by Crippen LogP contribution is -2.18. The molecule has 8 heteroatoms. The minimum Gasteiger partial charge on any atom is -0.495 e. The molecule has 0 aliphatic rings. The number of likely N-dealkylation sites (N-methyl/N-ethyl adjacent to an activating group) is 1. The van der Waals surface area contributed by atoms with Crippen molar-refractivity contribution in [2.75, 3.05) is 30.0 Å². The maximum absolute atomic E-state index is 11.8. The zero-order chi connectivity index (χ0) is 23.6. The van der Waals surface area contributed by atoms with Gasteiger partial charge in [0, 0.05) is 48.1 Å². The highest BCUT2D eigenvalue weighted by atomic mass is 32.2. The van der Waals surface area contributed by atoms with Gasteiger partial charge in [-0.3, -0.25) is 14.5 Å². The van der Waals surface area contributed by atoms with Gasteiger partial charge >= 0.3 is 0 Å². The monoisotopic (exact) mass is 479 g/mol. The third-order valence-corrected chi connectivity index (χ3v) is 5.89. The molecule has 6 nitrogen and oxygen atoms in total. The molecule has 3 rings (SSSR count). The lowest BCUT2D eigenvalue weighted by molar-refractivity contribution is -0.116. The van der Waals surface area contributed by atoms with Crippen molar-refractivity contribution in [3.05, 3.63) is 76.6 Å². The number of amides is 2. The van der Waals surface area contributed by atoms with Gasteiger partial charge in [0.25, 0.3) is 0 Å². The lowest BCUT2D eigenvalue weighted by Gasteiger charge is -2.18. The van der Waals surface area contributed by atoms with E-state index in [1.807, 2.05) is 71.6 Å². The molecule has 2 N–H and O–H groups in total. The van der Waals surface area contributed by atoms with Crippen molar-refractivity contribution < 1.29 is 14.3 Å². The second kappa shape index (κ2) is 11.9. The van der Waals surface area contributed by atoms with E-state index in [-0.39, 0.29) is 5.91 Å². The number of thiophene rings is 1. The Morgan fingerprint density at radius 1 is 1.15 bits per heavy atom. The molecule has 1 aromatic heterocycles. The van der Waals surface area contributed by atoms with E-state index in [4.69, 9.17) is 4.74 Å². The second-order valence-electron chi connectivity index (χ2n) is 6.83. The smallest absolute Gasteiger partial charge is 0.245 e. The fraction of sp³-hybridized carbons (Fsp3) is 0.120. The topological polar surface area (TPSA) is 70.7 Å². The third kappa shape index (κ3) is 6.27. The first-order valence-electron chi connectivity index (χ1n) is 10.0. The van der Waals surface area contributed by atoms with Crippen molar-refractivity contribution >= 4 is 59.1 Å². The van der Waals surface area contributed by atoms with Crippen LogP contribution in [0.25, 0.3) is 23.3 Å². The van der Waals surface area contributed by atoms with Gasteiger partial charge in [0.15, 0.2) is 0 Å². The number of nitrogens with zero attached hydrogens (tertiary/aromatic N) is 1. The third-order valence-electron chi connectivity index (χ3n) is 4.77. The number of carbonyl (C=O) groups is 2. The number of methoxy groups -OCH3 is 1. The fourth-order valence-electron chi connectivity index (χ4n) is 3.15. The molecule has 3 aromatic rings. The molecule has 0 saturated carbocycles. The number of carbonyl (C=O) groups excluding carboxylic acids is 2. The molecule has 0 bridgehead atoms. The summed E-state index contributed by atoms with van der Waals surface area (Å²) in [5.74, 6) is 0.406. The van der Waals surface area contributed by atoms with Gasteiger partial charge in [0.2, 0.25) is 12.3 Å². The van der Waals surface area contributed by atoms with E-state index >= 15 is 0 Å². The minimum atomic E-state index is -0.298. The van der Waals surface area contributed by atoms with Crippen LogP contribution < -0.4 is 19.7 Å². The molecule has 2 aromatic carbocycles. The molecule has 0 atom stereocenters. The number of benzene rings is 2. The zero-order valence-electron chi connectivity index (χ0n) is 18.6. The number of anilines is 2. The Kier molecular flexibility index (Phi) is 8.74. The first-order chi connectivity index (χ1) is 16.1. The molecule has 170 valence electrons. The molecular formula is C25H25N3O3S2. The Labute approximate surface area is 202 Å². The van der Waals surface area contributed by atoms with Crippen molar-refractivity contribution in [3.63, 3.8) is 0 Å². The van der Waals surface area contributed by atoms with Crippen LogP contribution in [0.2, 0.25) is 0 Å². The molecule has 0 spiro atoms. The summed E-state index contributed by atoms with van der Waals surface area (Å²) in [5.41, 5.74) is 5.33. The highest BCUT2D eigenvalue weighted by Gasteiger charge is 2.15. The van der Waals surface area contributed by atoms with Gasteiger partial charge in [0.1, 0.15) is 5.75 Å². The summed E-state index contributed by atoms with van der Waals surface area (Å²) in [6.07, 6.45) is 9.35. The van der Waals surface area contributed by atoms with Gasteiger partial charge in [-0.15, -0.1) is 0 Å². The maximum Gasteiger partial charge on any atom is 0.245 e. The number of hydrogen-bond acceptors (Lipinski definition) is 6. The average molecular weight is 480 g/mol. The molecule has 0 aliphatic heterocycles. The first-order valence-corrected chi connectivity index (χ1v) is 12.2. The van der Waals surface area contributed by atoms with Gasteiger partial charge < -0.3 is 14.8 Å². The van der Waals surface area contributed by atoms with E-state index in [2.05, 4.69) is 10.0 Å². The standard InChI is InChI=1S/C25H25N3O3S2/c1-26-24(30)10-12-28(17-29)22-14-19(7-4-18-5-8-21(9-6-18)27-32-3)25(31-2)23(15-22)20-11-13-33-16-20/h4-17,27H,1-3H3,(H,26,30)/b7-4+,12-10-. The van der Waals surface area contributed by atoms with Crippen LogP contribution in [0.3, 0.4) is 0 Å². The lowest BCUT2D eigenvalue weighted by atomic mass is 10.0. The molecule has 33 heavy (non-hydrogen) atoms. The van der Waals surface area contributed by atoms with E-state index in [0.29, 0.717) is 17.8 Å². The average Bonchev–Trinajstić information content (AvgIpc) is 3.38. The van der Waals surface area contributed by atoms with Crippen molar-refractivity contribution in [2.45, 2.75) is 0 Å². The normalized spacial score (nSPS) is 11.0. The molecule has 0 aliphatic carbocycles. The zero-order valence-corrected chi connectivity index (χ0v) is 20.2. The maximum atomic E-state index is 11.8. The Bertz CT molecular complexity index is 1140. The predicted octanol–water partition coefficient (Wildman–Crippen LogP) is 5.51. The SMILES string of the molecule is CNC(=O)/C=C\N(C=O)c1cc(/C=C/c2ccc(NSC)cc2)c(OC)c(-c2ccsc2)c1. The minimum absolute atomic E-state index is 0.298. The first kappa shape index (κ1) is 24.2. The van der Waals surface area contributed by atoms with Crippen molar-refractivity contribution in [1.82, 2.24) is 5.32 Å². The van der Waals surface area contributed by atoms with Crippen LogP contribution in [0.1, 0.15) is 11.1 Å². The van der Waals surface area contributed by atoms with Gasteiger partial charge in [0.05, 0.1) is 7.11 Å². The summed E-state index contributed by atoms with van der Waals surface area (Å²) in [6, 6.07) is 13.8. The number of rotatable bonds is 10. The van der Waals surface area contributed by atoms with Crippen LogP contribution in [0.5, 0.6) is 5.75 Å². The number of ether oxygens (including phenoxy) is 1. The van der Waals surface area contributed by atoms with Crippen LogP contribution >= 0.6 is 23.3 Å². The highest BCUT2D eigenvalue weighted by Crippen LogP contribution is 2.39. The van der Waals surface area contributed by atoms with Gasteiger partial charge in [-0.25, -0.2) is 0 Å². The quantitative estimate of drug-likeness (QED) is 0.174. The van der Waals surface area contributed by atoms with Crippen LogP contribution in [-0.4, -0.2) is 32.7 Å². The van der Waals surface area contributed by atoms with Gasteiger partial charge in [-0.2, -0.15) is 11.3 Å². The molecule has 0 saturated heterocycles. The number of hydrogen-bond donors (Lipinski definition) is 2.